The number of methoxy groups -OCH3 is 3. The lowest BCUT2D eigenvalue weighted by Gasteiger charge is -2.11. The smallest absolute Gasteiger partial charge is 0.313 e. The molecule has 0 saturated carbocycles. The van der Waals surface area contributed by atoms with Gasteiger partial charge in [0.05, 0.1) is 27.0 Å². The van der Waals surface area contributed by atoms with Crippen LogP contribution in [-0.2, 0) is 16.0 Å². The second kappa shape index (κ2) is 9.52. The number of fused-ring (bicyclic) bond motifs is 3. The lowest BCUT2D eigenvalue weighted by molar-refractivity contribution is -0.136. The number of hydrogen-bond donors (Lipinski definition) is 2. The maximum absolute atomic E-state index is 12.5. The van der Waals surface area contributed by atoms with E-state index in [0.29, 0.717) is 34.9 Å². The van der Waals surface area contributed by atoms with Crippen LogP contribution in [0.2, 0.25) is 0 Å². The van der Waals surface area contributed by atoms with E-state index >= 15 is 0 Å². The number of para-hydroxylation sites is 1. The van der Waals surface area contributed by atoms with E-state index in [2.05, 4.69) is 10.6 Å². The summed E-state index contributed by atoms with van der Waals surface area (Å²) in [6, 6.07) is 16.6. The topological polar surface area (TPSA) is 99.0 Å². The standard InChI is InChI=1S/C25H24N2O6/c1-30-20-9-8-15(12-23(20)32-3)10-11-26-24(28)25(29)27-18-14-21-17(13-22(18)31-2)16-6-4-5-7-19(16)33-21/h4-9,12-14H,10-11H2,1-3H3,(H,26,28)(H,27,29). The first-order valence-corrected chi connectivity index (χ1v) is 10.3. The fraction of sp³-hybridized carbons (Fsp3) is 0.200. The van der Waals surface area contributed by atoms with Gasteiger partial charge in [-0.2, -0.15) is 0 Å². The van der Waals surface area contributed by atoms with Crippen LogP contribution in [0.25, 0.3) is 21.9 Å². The number of carbonyl (C=O) groups excluding carboxylic acids is 2. The van der Waals surface area contributed by atoms with E-state index in [-0.39, 0.29) is 6.54 Å². The maximum atomic E-state index is 12.5. The molecule has 3 aromatic carbocycles. The number of amides is 2. The number of ether oxygens (including phenoxy) is 3. The first kappa shape index (κ1) is 22.0. The van der Waals surface area contributed by atoms with Gasteiger partial charge in [0, 0.05) is 23.4 Å². The number of benzene rings is 3. The van der Waals surface area contributed by atoms with Crippen LogP contribution in [0.4, 0.5) is 5.69 Å². The summed E-state index contributed by atoms with van der Waals surface area (Å²) in [5.41, 5.74) is 2.60. The third-order valence-corrected chi connectivity index (χ3v) is 5.30. The van der Waals surface area contributed by atoms with Gasteiger partial charge in [-0.3, -0.25) is 9.59 Å². The van der Waals surface area contributed by atoms with Crippen LogP contribution in [0.5, 0.6) is 17.2 Å². The summed E-state index contributed by atoms with van der Waals surface area (Å²) in [4.78, 5) is 24.8. The first-order valence-electron chi connectivity index (χ1n) is 10.3. The number of hydrogen-bond acceptors (Lipinski definition) is 6. The molecule has 1 heterocycles. The molecular weight excluding hydrogens is 424 g/mol. The predicted molar refractivity (Wildman–Crippen MR) is 125 cm³/mol. The Hall–Kier alpha value is -4.20. The molecule has 4 rings (SSSR count). The third kappa shape index (κ3) is 4.55. The molecule has 0 atom stereocenters. The van der Waals surface area contributed by atoms with Crippen LogP contribution in [0.15, 0.2) is 59.0 Å². The summed E-state index contributed by atoms with van der Waals surface area (Å²) in [6.07, 6.45) is 0.521. The summed E-state index contributed by atoms with van der Waals surface area (Å²) in [5, 5.41) is 7.04. The van der Waals surface area contributed by atoms with E-state index in [1.54, 1.807) is 32.4 Å². The highest BCUT2D eigenvalue weighted by molar-refractivity contribution is 6.39. The number of furan rings is 1. The van der Waals surface area contributed by atoms with E-state index in [0.717, 1.165) is 21.9 Å². The minimum absolute atomic E-state index is 0.279. The predicted octanol–water partition coefficient (Wildman–Crippen LogP) is 3.91. The Balaban J connectivity index is 1.42. The zero-order valence-electron chi connectivity index (χ0n) is 18.6. The Morgan fingerprint density at radius 2 is 1.55 bits per heavy atom. The summed E-state index contributed by atoms with van der Waals surface area (Å²) in [7, 11) is 4.63. The molecule has 2 amide bonds. The maximum Gasteiger partial charge on any atom is 0.313 e. The van der Waals surface area contributed by atoms with Crippen molar-refractivity contribution >= 4 is 39.4 Å². The van der Waals surface area contributed by atoms with Gasteiger partial charge in [-0.1, -0.05) is 24.3 Å². The van der Waals surface area contributed by atoms with Crippen molar-refractivity contribution in [2.45, 2.75) is 6.42 Å². The van der Waals surface area contributed by atoms with Gasteiger partial charge in [-0.25, -0.2) is 0 Å². The van der Waals surface area contributed by atoms with E-state index in [4.69, 9.17) is 18.6 Å². The normalized spacial score (nSPS) is 10.8. The molecule has 0 fully saturated rings. The van der Waals surface area contributed by atoms with Gasteiger partial charge in [0.25, 0.3) is 0 Å². The molecule has 0 unspecified atom stereocenters. The molecule has 1 aromatic heterocycles. The molecule has 170 valence electrons. The van der Waals surface area contributed by atoms with Gasteiger partial charge < -0.3 is 29.3 Å². The second-order valence-electron chi connectivity index (χ2n) is 7.30. The van der Waals surface area contributed by atoms with Crippen molar-refractivity contribution in [3.05, 3.63) is 60.2 Å². The molecule has 0 saturated heterocycles. The molecular formula is C25H24N2O6. The van der Waals surface area contributed by atoms with Crippen LogP contribution in [0.1, 0.15) is 5.56 Å². The van der Waals surface area contributed by atoms with E-state index in [1.165, 1.54) is 7.11 Å². The van der Waals surface area contributed by atoms with Gasteiger partial charge in [0.1, 0.15) is 16.9 Å². The molecule has 0 spiro atoms. The van der Waals surface area contributed by atoms with Crippen molar-refractivity contribution in [3.8, 4) is 17.2 Å². The Labute approximate surface area is 190 Å². The van der Waals surface area contributed by atoms with Crippen LogP contribution in [0, 0.1) is 0 Å². The Morgan fingerprint density at radius 3 is 2.30 bits per heavy atom. The fourth-order valence-corrected chi connectivity index (χ4v) is 3.63. The Morgan fingerprint density at radius 1 is 0.788 bits per heavy atom. The van der Waals surface area contributed by atoms with Gasteiger partial charge in [0.2, 0.25) is 0 Å². The minimum atomic E-state index is -0.795. The van der Waals surface area contributed by atoms with Gasteiger partial charge in [-0.05, 0) is 36.2 Å². The molecule has 8 heteroatoms. The highest BCUT2D eigenvalue weighted by Crippen LogP contribution is 2.36. The van der Waals surface area contributed by atoms with Crippen LogP contribution < -0.4 is 24.8 Å². The van der Waals surface area contributed by atoms with Crippen molar-refractivity contribution in [3.63, 3.8) is 0 Å². The summed E-state index contributed by atoms with van der Waals surface area (Å²) < 4.78 is 21.8. The van der Waals surface area contributed by atoms with Crippen molar-refractivity contribution in [2.24, 2.45) is 0 Å². The molecule has 0 aliphatic rings. The third-order valence-electron chi connectivity index (χ3n) is 5.30. The SMILES string of the molecule is COc1cc2c(cc1NC(=O)C(=O)NCCc1ccc(OC)c(OC)c1)oc1ccccc12. The largest absolute Gasteiger partial charge is 0.495 e. The molecule has 8 nitrogen and oxygen atoms in total. The van der Waals surface area contributed by atoms with Gasteiger partial charge in [0.15, 0.2) is 11.5 Å². The Bertz CT molecular complexity index is 1330. The lowest BCUT2D eigenvalue weighted by atomic mass is 10.1. The van der Waals surface area contributed by atoms with Gasteiger partial charge >= 0.3 is 11.8 Å². The second-order valence-corrected chi connectivity index (χ2v) is 7.30. The van der Waals surface area contributed by atoms with Gasteiger partial charge in [-0.15, -0.1) is 0 Å². The quantitative estimate of drug-likeness (QED) is 0.416. The number of nitrogens with one attached hydrogen (secondary N) is 2. The highest BCUT2D eigenvalue weighted by Gasteiger charge is 2.18. The molecule has 0 aliphatic carbocycles. The summed E-state index contributed by atoms with van der Waals surface area (Å²) >= 11 is 0. The molecule has 0 bridgehead atoms. The highest BCUT2D eigenvalue weighted by atomic mass is 16.5. The summed E-state index contributed by atoms with van der Waals surface area (Å²) in [6.45, 7) is 0.279. The zero-order valence-corrected chi connectivity index (χ0v) is 18.6. The zero-order chi connectivity index (χ0) is 23.4. The molecule has 0 radical (unpaired) electrons. The van der Waals surface area contributed by atoms with E-state index < -0.39 is 11.8 Å². The van der Waals surface area contributed by atoms with Crippen LogP contribution in [-0.4, -0.2) is 39.7 Å². The molecule has 4 aromatic rings. The average molecular weight is 448 g/mol. The van der Waals surface area contributed by atoms with Crippen LogP contribution in [0.3, 0.4) is 0 Å². The molecule has 33 heavy (non-hydrogen) atoms. The van der Waals surface area contributed by atoms with E-state index in [9.17, 15) is 9.59 Å². The van der Waals surface area contributed by atoms with E-state index in [1.807, 2.05) is 36.4 Å². The number of carbonyl (C=O) groups is 2. The van der Waals surface area contributed by atoms with Crippen molar-refractivity contribution in [2.75, 3.05) is 33.2 Å². The van der Waals surface area contributed by atoms with Crippen molar-refractivity contribution < 1.29 is 28.2 Å². The number of anilines is 1. The average Bonchev–Trinajstić information content (AvgIpc) is 3.20. The van der Waals surface area contributed by atoms with Crippen LogP contribution >= 0.6 is 0 Å². The fourth-order valence-electron chi connectivity index (χ4n) is 3.63. The monoisotopic (exact) mass is 448 g/mol. The van der Waals surface area contributed by atoms with Crippen molar-refractivity contribution in [1.29, 1.82) is 0 Å². The number of rotatable bonds is 7. The van der Waals surface area contributed by atoms with Crippen molar-refractivity contribution in [1.82, 2.24) is 5.32 Å². The first-order chi connectivity index (χ1) is 16.0. The Kier molecular flexibility index (Phi) is 6.35. The summed E-state index contributed by atoms with van der Waals surface area (Å²) in [5.74, 6) is 0.117. The lowest BCUT2D eigenvalue weighted by Crippen LogP contribution is -2.36. The minimum Gasteiger partial charge on any atom is -0.495 e. The molecule has 0 aliphatic heterocycles. The molecule has 2 N–H and O–H groups in total.